The van der Waals surface area contributed by atoms with E-state index < -0.39 is 23.6 Å². The lowest BCUT2D eigenvalue weighted by molar-refractivity contribution is -0.0456. The third kappa shape index (κ3) is 9.85. The van der Waals surface area contributed by atoms with Crippen LogP contribution in [0.4, 0.5) is 9.59 Å². The number of amides is 2. The summed E-state index contributed by atoms with van der Waals surface area (Å²) >= 11 is 0. The number of nitrogens with one attached hydrogen (secondary N) is 2. The van der Waals surface area contributed by atoms with Gasteiger partial charge in [-0.05, 0) is 83.7 Å². The van der Waals surface area contributed by atoms with Crippen molar-refractivity contribution in [3.05, 3.63) is 130 Å². The van der Waals surface area contributed by atoms with Crippen molar-refractivity contribution in [2.75, 3.05) is 32.7 Å². The van der Waals surface area contributed by atoms with Gasteiger partial charge in [0.15, 0.2) is 16.8 Å². The number of fused-ring (bicyclic) bond motifs is 3. The van der Waals surface area contributed by atoms with Gasteiger partial charge < -0.3 is 39.3 Å². The molecule has 1 aromatic heterocycles. The Kier molecular flexibility index (Phi) is 12.4. The van der Waals surface area contributed by atoms with Crippen molar-refractivity contribution in [3.63, 3.8) is 0 Å². The summed E-state index contributed by atoms with van der Waals surface area (Å²) in [5, 5.41) is 16.1. The van der Waals surface area contributed by atoms with Crippen LogP contribution in [-0.4, -0.2) is 60.5 Å². The van der Waals surface area contributed by atoms with Crippen LogP contribution < -0.4 is 25.5 Å². The van der Waals surface area contributed by atoms with Gasteiger partial charge in [-0.15, -0.1) is 0 Å². The molecule has 0 saturated carbocycles. The van der Waals surface area contributed by atoms with Crippen molar-refractivity contribution >= 4 is 23.2 Å². The first-order valence-corrected chi connectivity index (χ1v) is 18.9. The largest absolute Gasteiger partial charge is 0.465 e. The molecule has 1 aliphatic heterocycles. The highest BCUT2D eigenvalue weighted by Gasteiger charge is 2.46. The molecule has 2 amide bonds. The quantitative estimate of drug-likeness (QED) is 0.0851. The van der Waals surface area contributed by atoms with Gasteiger partial charge in [-0.1, -0.05) is 84.9 Å². The Bertz CT molecular complexity index is 2070. The second kappa shape index (κ2) is 17.6. The lowest BCUT2D eigenvalue weighted by Gasteiger charge is -2.28. The fourth-order valence-corrected chi connectivity index (χ4v) is 6.54. The van der Waals surface area contributed by atoms with E-state index in [4.69, 9.17) is 18.6 Å². The second-order valence-corrected chi connectivity index (χ2v) is 14.6. The molecule has 55 heavy (non-hydrogen) atoms. The number of ether oxygens (including phenoxy) is 3. The van der Waals surface area contributed by atoms with Crippen LogP contribution in [0.5, 0.6) is 11.5 Å². The minimum atomic E-state index is -1.24. The van der Waals surface area contributed by atoms with Crippen molar-refractivity contribution in [1.29, 1.82) is 0 Å². The van der Waals surface area contributed by atoms with Crippen LogP contribution in [0, 0.1) is 0 Å². The average Bonchev–Trinajstić information content (AvgIpc) is 3.58. The molecule has 0 saturated heterocycles. The minimum Gasteiger partial charge on any atom is -0.465 e. The number of benzene rings is 4. The lowest BCUT2D eigenvalue weighted by atomic mass is 9.97. The van der Waals surface area contributed by atoms with Gasteiger partial charge in [0.2, 0.25) is 5.75 Å². The van der Waals surface area contributed by atoms with Crippen molar-refractivity contribution in [1.82, 2.24) is 15.5 Å². The molecule has 2 heterocycles. The molecule has 3 N–H and O–H groups in total. The number of nitrogens with zero attached hydrogens (tertiary/aromatic N) is 1. The molecular formula is C44H49N3O8. The molecule has 0 aliphatic carbocycles. The zero-order valence-electron chi connectivity index (χ0n) is 31.6. The first-order chi connectivity index (χ1) is 26.5. The maximum absolute atomic E-state index is 13.4. The Labute approximate surface area is 321 Å². The van der Waals surface area contributed by atoms with E-state index in [-0.39, 0.29) is 5.43 Å². The molecule has 0 spiro atoms. The number of carbonyl (C=O) groups is 2. The van der Waals surface area contributed by atoms with E-state index in [1.165, 1.54) is 16.5 Å². The van der Waals surface area contributed by atoms with Crippen LogP contribution >= 0.6 is 0 Å². The molecule has 0 fully saturated rings. The zero-order chi connectivity index (χ0) is 38.8. The number of hydrogen-bond acceptors (Lipinski definition) is 8. The molecule has 11 nitrogen and oxygen atoms in total. The second-order valence-electron chi connectivity index (χ2n) is 14.6. The highest BCUT2D eigenvalue weighted by atomic mass is 16.7. The van der Waals surface area contributed by atoms with Crippen LogP contribution in [0.3, 0.4) is 0 Å². The summed E-state index contributed by atoms with van der Waals surface area (Å²) in [6.45, 7) is 8.15. The van der Waals surface area contributed by atoms with Crippen molar-refractivity contribution in [2.24, 2.45) is 0 Å². The molecule has 11 heteroatoms. The Morgan fingerprint density at radius 2 is 1.44 bits per heavy atom. The van der Waals surface area contributed by atoms with Crippen LogP contribution in [0.1, 0.15) is 63.1 Å². The summed E-state index contributed by atoms with van der Waals surface area (Å²) in [4.78, 5) is 38.2. The first-order valence-electron chi connectivity index (χ1n) is 18.9. The fourth-order valence-electron chi connectivity index (χ4n) is 6.54. The molecular weight excluding hydrogens is 698 g/mol. The predicted octanol–water partition coefficient (Wildman–Crippen LogP) is 8.33. The van der Waals surface area contributed by atoms with E-state index in [1.807, 2.05) is 84.9 Å². The number of rotatable bonds is 16. The predicted molar refractivity (Wildman–Crippen MR) is 212 cm³/mol. The molecule has 0 bridgehead atoms. The highest BCUT2D eigenvalue weighted by molar-refractivity contribution is 5.87. The van der Waals surface area contributed by atoms with Crippen molar-refractivity contribution < 1.29 is 33.3 Å². The lowest BCUT2D eigenvalue weighted by Crippen LogP contribution is -2.36. The van der Waals surface area contributed by atoms with Crippen LogP contribution in [0.15, 0.2) is 112 Å². The molecule has 0 atom stereocenters. The Hall–Kier alpha value is -5.81. The number of carboxylic acid groups (broad SMARTS) is 1. The number of unbranched alkanes of at least 4 members (excludes halogenated alkanes) is 1. The van der Waals surface area contributed by atoms with E-state index in [1.54, 1.807) is 32.9 Å². The Balaban J connectivity index is 0.986. The molecule has 0 unspecified atom stereocenters. The van der Waals surface area contributed by atoms with E-state index in [9.17, 15) is 19.5 Å². The third-order valence-corrected chi connectivity index (χ3v) is 9.26. The van der Waals surface area contributed by atoms with E-state index in [0.717, 1.165) is 55.5 Å². The zero-order valence-corrected chi connectivity index (χ0v) is 31.6. The fraction of sp³-hybridized carbons (Fsp3) is 0.341. The van der Waals surface area contributed by atoms with Gasteiger partial charge in [0.05, 0.1) is 5.39 Å². The highest BCUT2D eigenvalue weighted by Crippen LogP contribution is 2.50. The maximum atomic E-state index is 13.4. The Morgan fingerprint density at radius 3 is 2.09 bits per heavy atom. The number of carbonyl (C=O) groups excluding carboxylic acids is 1. The molecule has 6 rings (SSSR count). The van der Waals surface area contributed by atoms with Gasteiger partial charge in [0, 0.05) is 42.4 Å². The Morgan fingerprint density at radius 1 is 0.782 bits per heavy atom. The first kappa shape index (κ1) is 38.9. The summed E-state index contributed by atoms with van der Waals surface area (Å²) in [5.41, 5.74) is 3.18. The van der Waals surface area contributed by atoms with E-state index in [2.05, 4.69) is 10.6 Å². The summed E-state index contributed by atoms with van der Waals surface area (Å²) in [6.07, 6.45) is 2.46. The van der Waals surface area contributed by atoms with Crippen molar-refractivity contribution in [2.45, 2.75) is 64.3 Å². The summed E-state index contributed by atoms with van der Waals surface area (Å²) in [7, 11) is 0. The third-order valence-electron chi connectivity index (χ3n) is 9.26. The van der Waals surface area contributed by atoms with E-state index >= 15 is 0 Å². The monoisotopic (exact) mass is 747 g/mol. The summed E-state index contributed by atoms with van der Waals surface area (Å²) in [6, 6.07) is 32.5. The van der Waals surface area contributed by atoms with E-state index in [0.29, 0.717) is 54.3 Å². The minimum absolute atomic E-state index is 0.169. The number of alkyl carbamates (subject to hydrolysis) is 1. The topological polar surface area (TPSA) is 140 Å². The van der Waals surface area contributed by atoms with Crippen LogP contribution in [0.25, 0.3) is 22.3 Å². The number of hydrogen-bond donors (Lipinski definition) is 3. The van der Waals surface area contributed by atoms with Gasteiger partial charge in [0.1, 0.15) is 11.4 Å². The molecule has 288 valence electrons. The maximum Gasteiger partial charge on any atom is 0.407 e. The average molecular weight is 748 g/mol. The van der Waals surface area contributed by atoms with Gasteiger partial charge in [-0.2, -0.15) is 0 Å². The normalized spacial score (nSPS) is 13.1. The van der Waals surface area contributed by atoms with Crippen LogP contribution in [0.2, 0.25) is 0 Å². The van der Waals surface area contributed by atoms with Gasteiger partial charge in [-0.25, -0.2) is 9.59 Å². The van der Waals surface area contributed by atoms with Gasteiger partial charge >= 0.3 is 18.0 Å². The van der Waals surface area contributed by atoms with Crippen molar-refractivity contribution in [3.8, 4) is 22.8 Å². The number of aryl methyl sites for hydroxylation is 1. The van der Waals surface area contributed by atoms with Gasteiger partial charge in [0.25, 0.3) is 0 Å². The SMILES string of the molecule is CC(C)(C)OC(=O)NCCCN(CCCCNCCCc1ccc(-c2cc(=O)c3ccc4c(c3o2)OC(c2ccccc2)(c2ccccc2)O4)cc1)C(=O)O. The molecule has 0 radical (unpaired) electrons. The molecule has 5 aromatic rings. The molecule has 4 aromatic carbocycles. The summed E-state index contributed by atoms with van der Waals surface area (Å²) in [5.74, 6) is 0.0834. The van der Waals surface area contributed by atoms with Crippen LogP contribution in [-0.2, 0) is 16.9 Å². The summed E-state index contributed by atoms with van der Waals surface area (Å²) < 4.78 is 24.9. The smallest absolute Gasteiger partial charge is 0.407 e. The molecule has 1 aliphatic rings. The van der Waals surface area contributed by atoms with Gasteiger partial charge in [-0.3, -0.25) is 4.79 Å². The standard InChI is InChI=1S/C44H49N3O8/c1-43(2,3)55-41(49)46-27-13-29-47(42(50)51)28-11-10-25-45-26-12-14-31-19-21-32(22-20-31)38-30-36(48)35-23-24-37-40(39(35)52-38)54-44(53-37,33-15-6-4-7-16-33)34-17-8-5-9-18-34/h4-9,15-24,30,45H,10-14,25-29H2,1-3H3,(H,46,49)(H,50,51).